The summed E-state index contributed by atoms with van der Waals surface area (Å²) in [5.41, 5.74) is 2.87. The minimum atomic E-state index is -4.20. The van der Waals surface area contributed by atoms with Crippen LogP contribution >= 0.6 is 0 Å². The van der Waals surface area contributed by atoms with E-state index in [0.29, 0.717) is 22.4 Å². The average molecular weight is 586 g/mol. The second-order valence-corrected chi connectivity index (χ2v) is 11.1. The predicted molar refractivity (Wildman–Crippen MR) is 155 cm³/mol. The molecule has 5 aromatic rings. The van der Waals surface area contributed by atoms with E-state index in [0.717, 1.165) is 10.9 Å². The number of hydrogen-bond acceptors (Lipinski definition) is 7. The van der Waals surface area contributed by atoms with Crippen molar-refractivity contribution in [3.8, 4) is 11.1 Å². The first-order valence-electron chi connectivity index (χ1n) is 12.6. The van der Waals surface area contributed by atoms with E-state index in [4.69, 9.17) is 4.42 Å². The number of carbonyl (C=O) groups excluding carboxylic acids is 1. The Labute approximate surface area is 239 Å². The number of benzene rings is 4. The van der Waals surface area contributed by atoms with Crippen molar-refractivity contribution in [2.24, 2.45) is 0 Å². The number of carboxylic acids is 1. The summed E-state index contributed by atoms with van der Waals surface area (Å²) >= 11 is 0. The molecule has 12 heteroatoms. The second-order valence-electron chi connectivity index (χ2n) is 9.34. The van der Waals surface area contributed by atoms with Crippen LogP contribution in [0.5, 0.6) is 0 Å². The first kappa shape index (κ1) is 28.2. The number of furan rings is 1. The minimum absolute atomic E-state index is 0.129. The van der Waals surface area contributed by atoms with Crippen LogP contribution in [0.25, 0.3) is 22.1 Å². The molecule has 0 aliphatic rings. The van der Waals surface area contributed by atoms with Crippen LogP contribution in [0.1, 0.15) is 16.1 Å². The predicted octanol–water partition coefficient (Wildman–Crippen LogP) is 5.23. The lowest BCUT2D eigenvalue weighted by Gasteiger charge is -2.15. The van der Waals surface area contributed by atoms with Crippen LogP contribution in [0.3, 0.4) is 0 Å². The molecule has 0 saturated heterocycles. The number of anilines is 1. The fourth-order valence-corrected chi connectivity index (χ4v) is 5.47. The third-order valence-electron chi connectivity index (χ3n) is 6.47. The molecule has 0 bridgehead atoms. The summed E-state index contributed by atoms with van der Waals surface area (Å²) in [5.74, 6) is -1.60. The van der Waals surface area contributed by atoms with Gasteiger partial charge in [-0.15, -0.1) is 0 Å². The van der Waals surface area contributed by atoms with Crippen molar-refractivity contribution in [3.05, 3.63) is 125 Å². The number of rotatable bonds is 10. The minimum Gasteiger partial charge on any atom is -0.480 e. The molecule has 0 aliphatic heterocycles. The molecule has 0 fully saturated rings. The molecule has 11 nitrogen and oxygen atoms in total. The zero-order chi connectivity index (χ0) is 29.9. The number of hydrogen-bond donors (Lipinski definition) is 3. The Balaban J connectivity index is 1.24. The van der Waals surface area contributed by atoms with Crippen LogP contribution in [-0.2, 0) is 21.2 Å². The molecule has 3 N–H and O–H groups in total. The number of non-ortho nitro benzene ring substituents is 1. The highest BCUT2D eigenvalue weighted by Crippen LogP contribution is 2.25. The van der Waals surface area contributed by atoms with Gasteiger partial charge in [-0.3, -0.25) is 19.7 Å². The fourth-order valence-electron chi connectivity index (χ4n) is 4.28. The van der Waals surface area contributed by atoms with Gasteiger partial charge in [0, 0.05) is 23.2 Å². The van der Waals surface area contributed by atoms with Gasteiger partial charge >= 0.3 is 5.97 Å². The molecule has 0 spiro atoms. The SMILES string of the molecule is O=C(Nc1ccc(-c2ccc(S(=O)(=O)N[C@@H](Cc3ccc([N+](=O)[O-])cc3)C(=O)O)cc2)cc1)c1cc2ccccc2o1. The molecular formula is C30H23N3O8S. The van der Waals surface area contributed by atoms with Gasteiger partial charge in [-0.05, 0) is 59.5 Å². The van der Waals surface area contributed by atoms with Crippen molar-refractivity contribution < 1.29 is 32.5 Å². The molecule has 0 aliphatic carbocycles. The van der Waals surface area contributed by atoms with Crippen molar-refractivity contribution in [1.29, 1.82) is 0 Å². The van der Waals surface area contributed by atoms with E-state index >= 15 is 0 Å². The van der Waals surface area contributed by atoms with E-state index in [1.807, 2.05) is 18.2 Å². The highest BCUT2D eigenvalue weighted by Gasteiger charge is 2.26. The van der Waals surface area contributed by atoms with Crippen LogP contribution in [0.4, 0.5) is 11.4 Å². The largest absolute Gasteiger partial charge is 0.480 e. The second kappa shape index (κ2) is 11.6. The highest BCUT2D eigenvalue weighted by molar-refractivity contribution is 7.89. The molecule has 1 atom stereocenters. The Kier molecular flexibility index (Phi) is 7.82. The monoisotopic (exact) mass is 585 g/mol. The summed E-state index contributed by atoms with van der Waals surface area (Å²) in [5, 5.41) is 24.0. The van der Waals surface area contributed by atoms with E-state index in [9.17, 15) is 33.2 Å². The van der Waals surface area contributed by atoms with Crippen molar-refractivity contribution >= 4 is 44.2 Å². The summed E-state index contributed by atoms with van der Waals surface area (Å²) in [6, 6.07) is 25.5. The normalized spacial score (nSPS) is 12.1. The summed E-state index contributed by atoms with van der Waals surface area (Å²) in [7, 11) is -4.20. The van der Waals surface area contributed by atoms with Gasteiger partial charge in [0.05, 0.1) is 9.82 Å². The molecule has 0 unspecified atom stereocenters. The third-order valence-corrected chi connectivity index (χ3v) is 7.96. The van der Waals surface area contributed by atoms with Gasteiger partial charge < -0.3 is 14.8 Å². The molecular weight excluding hydrogens is 562 g/mol. The number of aliphatic carboxylic acids is 1. The van der Waals surface area contributed by atoms with Gasteiger partial charge in [0.15, 0.2) is 5.76 Å². The Bertz CT molecular complexity index is 1850. The highest BCUT2D eigenvalue weighted by atomic mass is 32.2. The first-order chi connectivity index (χ1) is 20.1. The smallest absolute Gasteiger partial charge is 0.322 e. The van der Waals surface area contributed by atoms with E-state index in [1.165, 1.54) is 36.4 Å². The van der Waals surface area contributed by atoms with Gasteiger partial charge in [0.1, 0.15) is 11.6 Å². The molecule has 1 heterocycles. The van der Waals surface area contributed by atoms with Crippen molar-refractivity contribution in [1.82, 2.24) is 4.72 Å². The summed E-state index contributed by atoms with van der Waals surface area (Å²) in [4.78, 5) is 34.5. The topological polar surface area (TPSA) is 169 Å². The van der Waals surface area contributed by atoms with Crippen molar-refractivity contribution in [2.45, 2.75) is 17.4 Å². The fraction of sp³-hybridized carbons (Fsp3) is 0.0667. The number of nitrogens with one attached hydrogen (secondary N) is 2. The number of carboxylic acid groups (broad SMARTS) is 1. The standard InChI is InChI=1S/C30H23N3O8S/c34-29(28-18-22-3-1-2-4-27(22)41-28)31-23-11-7-20(8-12-23)21-9-15-25(16-10-21)42(39,40)32-26(30(35)36)17-19-5-13-24(14-6-19)33(37)38/h1-16,18,26,32H,17H2,(H,31,34)(H,35,36)/t26-/m0/s1. The Morgan fingerprint density at radius 1 is 0.881 bits per heavy atom. The number of sulfonamides is 1. The number of nitrogens with zero attached hydrogens (tertiary/aromatic N) is 1. The number of para-hydroxylation sites is 1. The van der Waals surface area contributed by atoms with Crippen LogP contribution in [0.2, 0.25) is 0 Å². The number of amides is 1. The average Bonchev–Trinajstić information content (AvgIpc) is 3.42. The maximum absolute atomic E-state index is 12.9. The van der Waals surface area contributed by atoms with Crippen molar-refractivity contribution in [2.75, 3.05) is 5.32 Å². The number of nitro groups is 1. The van der Waals surface area contributed by atoms with Gasteiger partial charge in [0.25, 0.3) is 11.6 Å². The lowest BCUT2D eigenvalue weighted by atomic mass is 10.1. The Hall–Kier alpha value is -5.33. The summed E-state index contributed by atoms with van der Waals surface area (Å²) < 4.78 is 33.7. The maximum atomic E-state index is 12.9. The third kappa shape index (κ3) is 6.35. The van der Waals surface area contributed by atoms with Crippen LogP contribution < -0.4 is 10.0 Å². The Morgan fingerprint density at radius 2 is 1.50 bits per heavy atom. The first-order valence-corrected chi connectivity index (χ1v) is 14.1. The molecule has 1 aromatic heterocycles. The van der Waals surface area contributed by atoms with E-state index < -0.39 is 32.9 Å². The van der Waals surface area contributed by atoms with Crippen LogP contribution in [-0.4, -0.2) is 36.4 Å². The van der Waals surface area contributed by atoms with Crippen LogP contribution in [0, 0.1) is 10.1 Å². The van der Waals surface area contributed by atoms with Crippen LogP contribution in [0.15, 0.2) is 112 Å². The lowest BCUT2D eigenvalue weighted by Crippen LogP contribution is -2.42. The lowest BCUT2D eigenvalue weighted by molar-refractivity contribution is -0.384. The molecule has 212 valence electrons. The van der Waals surface area contributed by atoms with Gasteiger partial charge in [-0.1, -0.05) is 54.6 Å². The molecule has 1 amide bonds. The molecule has 0 radical (unpaired) electrons. The summed E-state index contributed by atoms with van der Waals surface area (Å²) in [6.07, 6.45) is -0.204. The van der Waals surface area contributed by atoms with E-state index in [1.54, 1.807) is 48.5 Å². The molecule has 4 aromatic carbocycles. The van der Waals surface area contributed by atoms with Gasteiger partial charge in [0.2, 0.25) is 10.0 Å². The molecule has 5 rings (SSSR count). The number of nitro benzene ring substituents is 1. The quantitative estimate of drug-likeness (QED) is 0.148. The van der Waals surface area contributed by atoms with Crippen molar-refractivity contribution in [3.63, 3.8) is 0 Å². The molecule has 42 heavy (non-hydrogen) atoms. The zero-order valence-corrected chi connectivity index (χ0v) is 22.6. The van der Waals surface area contributed by atoms with E-state index in [-0.39, 0.29) is 22.8 Å². The number of fused-ring (bicyclic) bond motifs is 1. The molecule has 0 saturated carbocycles. The van der Waals surface area contributed by atoms with Gasteiger partial charge in [-0.25, -0.2) is 8.42 Å². The Morgan fingerprint density at radius 3 is 2.10 bits per heavy atom. The number of carbonyl (C=O) groups is 2. The summed E-state index contributed by atoms with van der Waals surface area (Å²) in [6.45, 7) is 0. The van der Waals surface area contributed by atoms with E-state index in [2.05, 4.69) is 10.0 Å². The maximum Gasteiger partial charge on any atom is 0.322 e. The van der Waals surface area contributed by atoms with Gasteiger partial charge in [-0.2, -0.15) is 4.72 Å². The zero-order valence-electron chi connectivity index (χ0n) is 21.8.